The van der Waals surface area contributed by atoms with Crippen LogP contribution in [0.1, 0.15) is 0 Å². The van der Waals surface area contributed by atoms with Gasteiger partial charge in [0.25, 0.3) is 0 Å². The van der Waals surface area contributed by atoms with Crippen molar-refractivity contribution in [2.75, 3.05) is 31.1 Å². The van der Waals surface area contributed by atoms with Gasteiger partial charge in [-0.2, -0.15) is 5.10 Å². The first-order chi connectivity index (χ1) is 12.8. The lowest BCUT2D eigenvalue weighted by molar-refractivity contribution is 0.476. The van der Waals surface area contributed by atoms with Crippen molar-refractivity contribution in [2.24, 2.45) is 11.8 Å². The minimum absolute atomic E-state index is 0.168. The number of phenolic OH excluding ortho intramolecular Hbond substituents is 1. The second-order valence-corrected chi connectivity index (χ2v) is 7.01. The van der Waals surface area contributed by atoms with Crippen LogP contribution < -0.4 is 10.2 Å². The Morgan fingerprint density at radius 2 is 1.88 bits per heavy atom. The molecule has 2 N–H and O–H groups in total. The molecule has 0 bridgehead atoms. The Balaban J connectivity index is 1.37. The van der Waals surface area contributed by atoms with Crippen LogP contribution >= 0.6 is 0 Å². The molecule has 0 amide bonds. The van der Waals surface area contributed by atoms with E-state index >= 15 is 0 Å². The number of aromatic hydroxyl groups is 1. The molecule has 2 atom stereocenters. The van der Waals surface area contributed by atoms with Crippen LogP contribution in [0.3, 0.4) is 0 Å². The number of hydrogen-bond acceptors (Lipinski definition) is 6. The summed E-state index contributed by atoms with van der Waals surface area (Å²) < 4.78 is 1.71. The van der Waals surface area contributed by atoms with Gasteiger partial charge in [0.2, 0.25) is 0 Å². The molecule has 2 aliphatic heterocycles. The van der Waals surface area contributed by atoms with E-state index in [1.807, 2.05) is 36.5 Å². The molecule has 2 fully saturated rings. The summed E-state index contributed by atoms with van der Waals surface area (Å²) in [6.45, 7) is 4.28. The van der Waals surface area contributed by atoms with Crippen molar-refractivity contribution >= 4 is 5.82 Å². The highest BCUT2D eigenvalue weighted by molar-refractivity contribution is 5.69. The zero-order valence-electron chi connectivity index (χ0n) is 14.3. The van der Waals surface area contributed by atoms with E-state index in [-0.39, 0.29) is 5.75 Å². The smallest absolute Gasteiger partial charge is 0.151 e. The molecule has 0 aliphatic carbocycles. The van der Waals surface area contributed by atoms with Crippen molar-refractivity contribution in [3.63, 3.8) is 0 Å². The van der Waals surface area contributed by atoms with E-state index < -0.39 is 0 Å². The zero-order valence-corrected chi connectivity index (χ0v) is 14.3. The lowest BCUT2D eigenvalue weighted by Crippen LogP contribution is -2.26. The normalized spacial score (nSPS) is 21.9. The zero-order chi connectivity index (χ0) is 17.5. The number of anilines is 1. The van der Waals surface area contributed by atoms with Crippen LogP contribution in [0.15, 0.2) is 48.8 Å². The van der Waals surface area contributed by atoms with Gasteiger partial charge in [-0.05, 0) is 42.2 Å². The quantitative estimate of drug-likeness (QED) is 0.750. The Kier molecular flexibility index (Phi) is 3.60. The molecule has 7 heteroatoms. The van der Waals surface area contributed by atoms with Crippen LogP contribution in [0.5, 0.6) is 5.75 Å². The van der Waals surface area contributed by atoms with Gasteiger partial charge in [0, 0.05) is 50.2 Å². The predicted molar refractivity (Wildman–Crippen MR) is 98.3 cm³/mol. The van der Waals surface area contributed by atoms with Gasteiger partial charge in [-0.25, -0.2) is 4.68 Å². The molecular formula is C19H20N6O. The third-order valence-electron chi connectivity index (χ3n) is 5.39. The van der Waals surface area contributed by atoms with E-state index in [4.69, 9.17) is 0 Å². The molecule has 2 saturated heterocycles. The minimum Gasteiger partial charge on any atom is -0.507 e. The molecule has 4 heterocycles. The van der Waals surface area contributed by atoms with Crippen LogP contribution in [0.25, 0.3) is 16.9 Å². The van der Waals surface area contributed by atoms with Crippen molar-refractivity contribution < 1.29 is 5.11 Å². The number of hydrogen-bond donors (Lipinski definition) is 2. The molecule has 26 heavy (non-hydrogen) atoms. The molecule has 5 rings (SSSR count). The van der Waals surface area contributed by atoms with Gasteiger partial charge in [0.15, 0.2) is 5.82 Å². The third kappa shape index (κ3) is 2.61. The summed E-state index contributed by atoms with van der Waals surface area (Å²) in [5.74, 6) is 2.52. The number of aromatic nitrogens is 4. The summed E-state index contributed by atoms with van der Waals surface area (Å²) >= 11 is 0. The average molecular weight is 348 g/mol. The molecule has 0 spiro atoms. The van der Waals surface area contributed by atoms with Gasteiger partial charge in [-0.15, -0.1) is 10.2 Å². The monoisotopic (exact) mass is 348 g/mol. The number of fused-ring (bicyclic) bond motifs is 1. The van der Waals surface area contributed by atoms with Crippen molar-refractivity contribution in [1.29, 1.82) is 0 Å². The average Bonchev–Trinajstić information content (AvgIpc) is 3.39. The summed E-state index contributed by atoms with van der Waals surface area (Å²) in [5.41, 5.74) is 2.14. The highest BCUT2D eigenvalue weighted by Crippen LogP contribution is 2.32. The van der Waals surface area contributed by atoms with Crippen molar-refractivity contribution in [2.45, 2.75) is 0 Å². The molecule has 7 nitrogen and oxygen atoms in total. The number of nitrogens with one attached hydrogen (secondary N) is 1. The SMILES string of the molecule is Oc1cc(-n2cccn2)ccc1-c1ccc(N2CC3CNCC3C2)nn1. The van der Waals surface area contributed by atoms with E-state index in [9.17, 15) is 5.11 Å². The van der Waals surface area contributed by atoms with E-state index in [0.717, 1.165) is 49.5 Å². The van der Waals surface area contributed by atoms with Crippen LogP contribution in [0.4, 0.5) is 5.82 Å². The van der Waals surface area contributed by atoms with Crippen molar-refractivity contribution in [1.82, 2.24) is 25.3 Å². The van der Waals surface area contributed by atoms with Gasteiger partial charge >= 0.3 is 0 Å². The fourth-order valence-electron chi connectivity index (χ4n) is 3.98. The number of benzene rings is 1. The van der Waals surface area contributed by atoms with Gasteiger partial charge in [-0.1, -0.05) is 0 Å². The second-order valence-electron chi connectivity index (χ2n) is 7.01. The van der Waals surface area contributed by atoms with Gasteiger partial charge in [0.05, 0.1) is 11.4 Å². The lowest BCUT2D eigenvalue weighted by Gasteiger charge is -2.18. The Hall–Kier alpha value is -2.93. The summed E-state index contributed by atoms with van der Waals surface area (Å²) in [7, 11) is 0. The van der Waals surface area contributed by atoms with E-state index in [1.54, 1.807) is 16.9 Å². The molecule has 3 aromatic rings. The fraction of sp³-hybridized carbons (Fsp3) is 0.316. The maximum absolute atomic E-state index is 10.4. The van der Waals surface area contributed by atoms with Gasteiger partial charge < -0.3 is 15.3 Å². The highest BCUT2D eigenvalue weighted by atomic mass is 16.3. The maximum Gasteiger partial charge on any atom is 0.151 e. The summed E-state index contributed by atoms with van der Waals surface area (Å²) in [6.07, 6.45) is 3.54. The minimum atomic E-state index is 0.168. The topological polar surface area (TPSA) is 79.1 Å². The number of rotatable bonds is 3. The van der Waals surface area contributed by atoms with Crippen LogP contribution in [-0.4, -0.2) is 51.3 Å². The van der Waals surface area contributed by atoms with Gasteiger partial charge in [0.1, 0.15) is 5.75 Å². The molecule has 0 saturated carbocycles. The van der Waals surface area contributed by atoms with E-state index in [0.29, 0.717) is 11.3 Å². The predicted octanol–water partition coefficient (Wildman–Crippen LogP) is 1.69. The largest absolute Gasteiger partial charge is 0.507 e. The Morgan fingerprint density at radius 1 is 1.04 bits per heavy atom. The van der Waals surface area contributed by atoms with Crippen LogP contribution in [0, 0.1) is 11.8 Å². The molecule has 2 aliphatic rings. The van der Waals surface area contributed by atoms with Crippen LogP contribution in [-0.2, 0) is 0 Å². The molecule has 132 valence electrons. The van der Waals surface area contributed by atoms with E-state index in [1.165, 1.54) is 0 Å². The second kappa shape index (κ2) is 6.10. The lowest BCUT2D eigenvalue weighted by atomic mass is 10.0. The summed E-state index contributed by atoms with van der Waals surface area (Å²) in [6, 6.07) is 11.2. The van der Waals surface area contributed by atoms with E-state index in [2.05, 4.69) is 25.5 Å². The summed E-state index contributed by atoms with van der Waals surface area (Å²) in [5, 5.41) is 26.8. The standard InChI is InChI=1S/C19H20N6O/c26-18-8-15(25-7-1-6-21-25)2-3-16(18)17-4-5-19(23-22-17)24-11-13-9-20-10-14(13)12-24/h1-8,13-14,20,26H,9-12H2. The first-order valence-electron chi connectivity index (χ1n) is 8.91. The Morgan fingerprint density at radius 3 is 2.54 bits per heavy atom. The fourth-order valence-corrected chi connectivity index (χ4v) is 3.98. The number of phenols is 1. The first kappa shape index (κ1) is 15.3. The van der Waals surface area contributed by atoms with Crippen LogP contribution in [0.2, 0.25) is 0 Å². The molecule has 2 unspecified atom stereocenters. The molecule has 1 aromatic carbocycles. The van der Waals surface area contributed by atoms with Crippen molar-refractivity contribution in [3.8, 4) is 22.7 Å². The summed E-state index contributed by atoms with van der Waals surface area (Å²) in [4.78, 5) is 2.31. The Labute approximate surface area is 151 Å². The molecular weight excluding hydrogens is 328 g/mol. The highest BCUT2D eigenvalue weighted by Gasteiger charge is 2.36. The molecule has 2 aromatic heterocycles. The Bertz CT molecular complexity index is 896. The third-order valence-corrected chi connectivity index (χ3v) is 5.39. The maximum atomic E-state index is 10.4. The first-order valence-corrected chi connectivity index (χ1v) is 8.91. The van der Waals surface area contributed by atoms with Gasteiger partial charge in [-0.3, -0.25) is 0 Å². The molecule has 0 radical (unpaired) electrons. The van der Waals surface area contributed by atoms with Crippen molar-refractivity contribution in [3.05, 3.63) is 48.8 Å². The number of nitrogens with zero attached hydrogens (tertiary/aromatic N) is 5.